The van der Waals surface area contributed by atoms with Gasteiger partial charge in [0.05, 0.1) is 5.69 Å². The lowest BCUT2D eigenvalue weighted by atomic mass is 10.0. The second kappa shape index (κ2) is 8.15. The van der Waals surface area contributed by atoms with Crippen molar-refractivity contribution in [2.45, 2.75) is 13.3 Å². The number of halogens is 1. The van der Waals surface area contributed by atoms with Gasteiger partial charge in [-0.05, 0) is 55.3 Å². The zero-order chi connectivity index (χ0) is 20.4. The molecule has 6 heteroatoms. The smallest absolute Gasteiger partial charge is 0.135 e. The number of phenolic OH excluding ortho intramolecular Hbond substituents is 1. The summed E-state index contributed by atoms with van der Waals surface area (Å²) in [6, 6.07) is 16.9. The largest absolute Gasteiger partial charge is 0.507 e. The number of aryl methyl sites for hydroxylation is 1. The molecule has 29 heavy (non-hydrogen) atoms. The highest BCUT2D eigenvalue weighted by Gasteiger charge is 2.14. The zero-order valence-corrected chi connectivity index (χ0v) is 16.7. The van der Waals surface area contributed by atoms with Gasteiger partial charge in [0, 0.05) is 34.7 Å². The van der Waals surface area contributed by atoms with Crippen molar-refractivity contribution in [2.24, 2.45) is 0 Å². The van der Waals surface area contributed by atoms with E-state index >= 15 is 0 Å². The first-order valence-electron chi connectivity index (χ1n) is 9.40. The minimum atomic E-state index is 0.0947. The van der Waals surface area contributed by atoms with Gasteiger partial charge in [-0.2, -0.15) is 0 Å². The predicted molar refractivity (Wildman–Crippen MR) is 116 cm³/mol. The quantitative estimate of drug-likeness (QED) is 0.361. The maximum absolute atomic E-state index is 10.5. The van der Waals surface area contributed by atoms with Crippen molar-refractivity contribution in [3.63, 3.8) is 0 Å². The van der Waals surface area contributed by atoms with E-state index in [1.165, 1.54) is 0 Å². The summed E-state index contributed by atoms with van der Waals surface area (Å²) in [4.78, 5) is 4.63. The molecule has 0 unspecified atom stereocenters. The van der Waals surface area contributed by atoms with Gasteiger partial charge in [0.15, 0.2) is 0 Å². The fourth-order valence-corrected chi connectivity index (χ4v) is 3.36. The summed E-state index contributed by atoms with van der Waals surface area (Å²) in [6.07, 6.45) is 0.605. The number of aliphatic hydroxyl groups excluding tert-OH is 1. The lowest BCUT2D eigenvalue weighted by molar-refractivity contribution is 0.292. The number of pyridine rings is 1. The van der Waals surface area contributed by atoms with Crippen LogP contribution in [0.15, 0.2) is 59.0 Å². The van der Waals surface area contributed by atoms with Crippen LogP contribution in [0.5, 0.6) is 5.75 Å². The molecule has 0 fully saturated rings. The lowest BCUT2D eigenvalue weighted by Gasteiger charge is -2.12. The number of benzene rings is 2. The fraction of sp³-hybridized carbons (Fsp3) is 0.174. The van der Waals surface area contributed by atoms with Crippen LogP contribution in [0.25, 0.3) is 33.6 Å². The SMILES string of the molecule is Cc1cc(O)c(-c2cc(-c3cc4ccccc4o3)cc(NCCCO)n2)cc1Cl. The number of hydrogen-bond donors (Lipinski definition) is 3. The van der Waals surface area contributed by atoms with Crippen LogP contribution in [0.3, 0.4) is 0 Å². The molecule has 2 aromatic heterocycles. The van der Waals surface area contributed by atoms with Crippen molar-refractivity contribution >= 4 is 28.4 Å². The number of phenols is 1. The molecule has 0 atom stereocenters. The molecule has 5 nitrogen and oxygen atoms in total. The van der Waals surface area contributed by atoms with E-state index in [9.17, 15) is 5.11 Å². The third kappa shape index (κ3) is 4.06. The van der Waals surface area contributed by atoms with Gasteiger partial charge in [0.1, 0.15) is 22.9 Å². The first-order chi connectivity index (χ1) is 14.0. The number of nitrogens with zero attached hydrogens (tertiary/aromatic N) is 1. The summed E-state index contributed by atoms with van der Waals surface area (Å²) in [7, 11) is 0. The van der Waals surface area contributed by atoms with Crippen LogP contribution in [0.2, 0.25) is 5.02 Å². The Balaban J connectivity index is 1.83. The maximum atomic E-state index is 10.5. The molecule has 0 saturated heterocycles. The predicted octanol–water partition coefficient (Wildman–Crippen LogP) is 5.62. The van der Waals surface area contributed by atoms with Crippen LogP contribution in [0, 0.1) is 6.92 Å². The molecule has 0 saturated carbocycles. The molecule has 4 aromatic rings. The van der Waals surface area contributed by atoms with E-state index in [0.717, 1.165) is 22.1 Å². The van der Waals surface area contributed by atoms with Crippen LogP contribution in [0.4, 0.5) is 5.82 Å². The highest BCUT2D eigenvalue weighted by atomic mass is 35.5. The summed E-state index contributed by atoms with van der Waals surface area (Å²) in [5, 5.41) is 24.3. The normalized spacial score (nSPS) is 11.1. The zero-order valence-electron chi connectivity index (χ0n) is 15.9. The molecule has 0 aliphatic rings. The molecular formula is C23H21ClN2O3. The van der Waals surface area contributed by atoms with Crippen molar-refractivity contribution in [3.8, 4) is 28.3 Å². The van der Waals surface area contributed by atoms with Gasteiger partial charge in [-0.15, -0.1) is 0 Å². The Labute approximate surface area is 173 Å². The van der Waals surface area contributed by atoms with Crippen LogP contribution in [-0.4, -0.2) is 28.3 Å². The van der Waals surface area contributed by atoms with E-state index in [1.54, 1.807) is 12.1 Å². The Morgan fingerprint density at radius 3 is 2.72 bits per heavy atom. The second-order valence-electron chi connectivity index (χ2n) is 6.90. The highest BCUT2D eigenvalue weighted by molar-refractivity contribution is 6.31. The molecular weight excluding hydrogens is 388 g/mol. The summed E-state index contributed by atoms with van der Waals surface area (Å²) in [5.74, 6) is 1.45. The van der Waals surface area contributed by atoms with Crippen molar-refractivity contribution in [1.82, 2.24) is 4.98 Å². The molecule has 0 amide bonds. The number of anilines is 1. The minimum Gasteiger partial charge on any atom is -0.507 e. The van der Waals surface area contributed by atoms with Crippen LogP contribution in [0.1, 0.15) is 12.0 Å². The molecule has 0 aliphatic heterocycles. The van der Waals surface area contributed by atoms with Gasteiger partial charge >= 0.3 is 0 Å². The fourth-order valence-electron chi connectivity index (χ4n) is 3.19. The molecule has 0 radical (unpaired) electrons. The lowest BCUT2D eigenvalue weighted by Crippen LogP contribution is -2.05. The Bertz CT molecular complexity index is 1140. The monoisotopic (exact) mass is 408 g/mol. The number of aromatic hydroxyl groups is 1. The standard InChI is InChI=1S/C23H21ClN2O3/c1-14-9-20(28)17(13-18(14)24)19-10-16(12-23(26-19)25-7-4-8-27)22-11-15-5-2-3-6-21(15)29-22/h2-3,5-6,9-13,27-28H,4,7-8H2,1H3,(H,25,26). The average molecular weight is 409 g/mol. The van der Waals surface area contributed by atoms with Crippen molar-refractivity contribution in [1.29, 1.82) is 0 Å². The molecule has 2 aromatic carbocycles. The third-order valence-electron chi connectivity index (χ3n) is 4.73. The van der Waals surface area contributed by atoms with E-state index in [4.69, 9.17) is 21.1 Å². The van der Waals surface area contributed by atoms with Crippen LogP contribution in [-0.2, 0) is 0 Å². The molecule has 2 heterocycles. The Morgan fingerprint density at radius 2 is 1.93 bits per heavy atom. The van der Waals surface area contributed by atoms with Gasteiger partial charge in [-0.3, -0.25) is 0 Å². The average Bonchev–Trinajstić information content (AvgIpc) is 3.15. The number of hydrogen-bond acceptors (Lipinski definition) is 5. The number of furan rings is 1. The third-order valence-corrected chi connectivity index (χ3v) is 5.14. The van der Waals surface area contributed by atoms with Gasteiger partial charge in [-0.25, -0.2) is 4.98 Å². The van der Waals surface area contributed by atoms with Crippen molar-refractivity contribution < 1.29 is 14.6 Å². The van der Waals surface area contributed by atoms with Crippen molar-refractivity contribution in [2.75, 3.05) is 18.5 Å². The Kier molecular flexibility index (Phi) is 5.43. The van der Waals surface area contributed by atoms with Gasteiger partial charge in [0.2, 0.25) is 0 Å². The van der Waals surface area contributed by atoms with Gasteiger partial charge < -0.3 is 19.9 Å². The van der Waals surface area contributed by atoms with Crippen molar-refractivity contribution in [3.05, 3.63) is 65.2 Å². The Hall–Kier alpha value is -3.02. The maximum Gasteiger partial charge on any atom is 0.135 e. The number of rotatable bonds is 6. The first kappa shape index (κ1) is 19.3. The summed E-state index contributed by atoms with van der Waals surface area (Å²) >= 11 is 6.29. The van der Waals surface area contributed by atoms with E-state index in [-0.39, 0.29) is 12.4 Å². The summed E-state index contributed by atoms with van der Waals surface area (Å²) in [6.45, 7) is 2.51. The van der Waals surface area contributed by atoms with E-state index in [2.05, 4.69) is 10.3 Å². The number of fused-ring (bicyclic) bond motifs is 1. The molecule has 0 spiro atoms. The number of para-hydroxylation sites is 1. The summed E-state index contributed by atoms with van der Waals surface area (Å²) < 4.78 is 6.01. The van der Waals surface area contributed by atoms with Crippen LogP contribution < -0.4 is 5.32 Å². The highest BCUT2D eigenvalue weighted by Crippen LogP contribution is 2.37. The van der Waals surface area contributed by atoms with E-state index < -0.39 is 0 Å². The number of aliphatic hydroxyl groups is 1. The summed E-state index contributed by atoms with van der Waals surface area (Å²) in [5.41, 5.74) is 3.55. The second-order valence-corrected chi connectivity index (χ2v) is 7.30. The minimum absolute atomic E-state index is 0.0947. The number of aromatic nitrogens is 1. The molecule has 0 bridgehead atoms. The van der Waals surface area contributed by atoms with Gasteiger partial charge in [-0.1, -0.05) is 29.8 Å². The van der Waals surface area contributed by atoms with E-state index in [0.29, 0.717) is 40.8 Å². The molecule has 3 N–H and O–H groups in total. The molecule has 148 valence electrons. The van der Waals surface area contributed by atoms with Crippen LogP contribution >= 0.6 is 11.6 Å². The topological polar surface area (TPSA) is 78.5 Å². The number of nitrogens with one attached hydrogen (secondary N) is 1. The Morgan fingerprint density at radius 1 is 1.10 bits per heavy atom. The van der Waals surface area contributed by atoms with Gasteiger partial charge in [0.25, 0.3) is 0 Å². The molecule has 4 rings (SSSR count). The molecule has 0 aliphatic carbocycles. The van der Waals surface area contributed by atoms with E-state index in [1.807, 2.05) is 49.4 Å². The first-order valence-corrected chi connectivity index (χ1v) is 9.78.